The van der Waals surface area contributed by atoms with Crippen molar-refractivity contribution in [2.75, 3.05) is 18.4 Å². The molecular weight excluding hydrogens is 212 g/mol. The summed E-state index contributed by atoms with van der Waals surface area (Å²) in [6, 6.07) is 7.51. The van der Waals surface area contributed by atoms with E-state index in [9.17, 15) is 4.79 Å². The Morgan fingerprint density at radius 2 is 2.18 bits per heavy atom. The maximum Gasteiger partial charge on any atom is 0.253 e. The first-order chi connectivity index (χ1) is 8.29. The minimum Gasteiger partial charge on any atom is -0.381 e. The Bertz CT molecular complexity index is 374. The van der Waals surface area contributed by atoms with E-state index in [1.807, 2.05) is 24.3 Å². The van der Waals surface area contributed by atoms with Crippen molar-refractivity contribution in [3.63, 3.8) is 0 Å². The quantitative estimate of drug-likeness (QED) is 0.560. The van der Waals surface area contributed by atoms with E-state index in [-0.39, 0.29) is 5.91 Å². The predicted molar refractivity (Wildman–Crippen MR) is 72.4 cm³/mol. The molecule has 0 heterocycles. The molecule has 1 aromatic carbocycles. The molecular formula is C14H20N2O. The minimum absolute atomic E-state index is 0.0226. The molecule has 1 amide bonds. The highest BCUT2D eigenvalue weighted by molar-refractivity contribution is 5.99. The molecule has 0 bridgehead atoms. The standard InChI is InChI=1S/C14H20N2O/c1-3-5-11-16-14(17)12-8-6-7-9-13(12)15-10-4-2/h4,6-9,15H,2-3,5,10-11H2,1H3,(H,16,17). The van der Waals surface area contributed by atoms with Gasteiger partial charge in [0.25, 0.3) is 5.91 Å². The van der Waals surface area contributed by atoms with Gasteiger partial charge in [0.2, 0.25) is 0 Å². The third-order valence-electron chi connectivity index (χ3n) is 2.42. The zero-order valence-electron chi connectivity index (χ0n) is 10.3. The maximum absolute atomic E-state index is 11.9. The highest BCUT2D eigenvalue weighted by atomic mass is 16.1. The van der Waals surface area contributed by atoms with Crippen LogP contribution in [0.15, 0.2) is 36.9 Å². The van der Waals surface area contributed by atoms with E-state index >= 15 is 0 Å². The largest absolute Gasteiger partial charge is 0.381 e. The summed E-state index contributed by atoms with van der Waals surface area (Å²) in [6.45, 7) is 7.13. The van der Waals surface area contributed by atoms with Crippen LogP contribution < -0.4 is 10.6 Å². The molecule has 0 saturated heterocycles. The van der Waals surface area contributed by atoms with Crippen LogP contribution >= 0.6 is 0 Å². The molecule has 3 heteroatoms. The van der Waals surface area contributed by atoms with E-state index in [0.29, 0.717) is 12.1 Å². The second-order valence-electron chi connectivity index (χ2n) is 3.82. The summed E-state index contributed by atoms with van der Waals surface area (Å²) in [4.78, 5) is 11.9. The van der Waals surface area contributed by atoms with Crippen LogP contribution in [0, 0.1) is 0 Å². The summed E-state index contributed by atoms with van der Waals surface area (Å²) in [5.41, 5.74) is 1.53. The van der Waals surface area contributed by atoms with Crippen molar-refractivity contribution in [2.45, 2.75) is 19.8 Å². The summed E-state index contributed by atoms with van der Waals surface area (Å²) in [5.74, 6) is -0.0226. The van der Waals surface area contributed by atoms with E-state index in [4.69, 9.17) is 0 Å². The molecule has 2 N–H and O–H groups in total. The highest BCUT2D eigenvalue weighted by Gasteiger charge is 2.08. The number of benzene rings is 1. The number of rotatable bonds is 7. The van der Waals surface area contributed by atoms with Crippen molar-refractivity contribution in [3.8, 4) is 0 Å². The van der Waals surface area contributed by atoms with Gasteiger partial charge in [-0.05, 0) is 18.6 Å². The molecule has 92 valence electrons. The summed E-state index contributed by atoms with van der Waals surface area (Å²) < 4.78 is 0. The Balaban J connectivity index is 2.67. The van der Waals surface area contributed by atoms with Crippen LogP contribution in [-0.2, 0) is 0 Å². The number of hydrogen-bond acceptors (Lipinski definition) is 2. The van der Waals surface area contributed by atoms with Crippen molar-refractivity contribution in [1.82, 2.24) is 5.32 Å². The number of carbonyl (C=O) groups is 1. The van der Waals surface area contributed by atoms with E-state index in [0.717, 1.165) is 25.1 Å². The Morgan fingerprint density at radius 1 is 1.41 bits per heavy atom. The molecule has 1 rings (SSSR count). The first-order valence-corrected chi connectivity index (χ1v) is 6.01. The zero-order chi connectivity index (χ0) is 12.5. The third kappa shape index (κ3) is 4.31. The van der Waals surface area contributed by atoms with Gasteiger partial charge in [-0.15, -0.1) is 6.58 Å². The van der Waals surface area contributed by atoms with Crippen LogP contribution in [0.1, 0.15) is 30.1 Å². The van der Waals surface area contributed by atoms with Gasteiger partial charge in [0.1, 0.15) is 0 Å². The van der Waals surface area contributed by atoms with Crippen molar-refractivity contribution in [3.05, 3.63) is 42.5 Å². The van der Waals surface area contributed by atoms with E-state index in [2.05, 4.69) is 24.1 Å². The van der Waals surface area contributed by atoms with Crippen molar-refractivity contribution in [2.24, 2.45) is 0 Å². The van der Waals surface area contributed by atoms with E-state index in [1.54, 1.807) is 6.08 Å². The van der Waals surface area contributed by atoms with Gasteiger partial charge in [-0.2, -0.15) is 0 Å². The van der Waals surface area contributed by atoms with Gasteiger partial charge in [-0.25, -0.2) is 0 Å². The Kier molecular flexibility index (Phi) is 5.86. The third-order valence-corrected chi connectivity index (χ3v) is 2.42. The fourth-order valence-electron chi connectivity index (χ4n) is 1.49. The molecule has 0 radical (unpaired) electrons. The van der Waals surface area contributed by atoms with Gasteiger partial charge >= 0.3 is 0 Å². The first-order valence-electron chi connectivity index (χ1n) is 6.01. The molecule has 0 atom stereocenters. The number of amides is 1. The van der Waals surface area contributed by atoms with Crippen LogP contribution in [0.3, 0.4) is 0 Å². The fourth-order valence-corrected chi connectivity index (χ4v) is 1.49. The second-order valence-corrected chi connectivity index (χ2v) is 3.82. The van der Waals surface area contributed by atoms with Gasteiger partial charge in [-0.1, -0.05) is 31.6 Å². The fraction of sp³-hybridized carbons (Fsp3) is 0.357. The molecule has 0 aliphatic heterocycles. The lowest BCUT2D eigenvalue weighted by Crippen LogP contribution is -2.25. The predicted octanol–water partition coefficient (Wildman–Crippen LogP) is 2.81. The Hall–Kier alpha value is -1.77. The smallest absolute Gasteiger partial charge is 0.253 e. The lowest BCUT2D eigenvalue weighted by Gasteiger charge is -2.10. The summed E-state index contributed by atoms with van der Waals surface area (Å²) in [7, 11) is 0. The molecule has 1 aromatic rings. The van der Waals surface area contributed by atoms with Gasteiger partial charge in [0, 0.05) is 18.8 Å². The molecule has 0 saturated carbocycles. The summed E-state index contributed by atoms with van der Waals surface area (Å²) in [6.07, 6.45) is 3.86. The Morgan fingerprint density at radius 3 is 2.88 bits per heavy atom. The average molecular weight is 232 g/mol. The zero-order valence-corrected chi connectivity index (χ0v) is 10.3. The molecule has 3 nitrogen and oxygen atoms in total. The van der Waals surface area contributed by atoms with Crippen LogP contribution in [0.2, 0.25) is 0 Å². The molecule has 17 heavy (non-hydrogen) atoms. The van der Waals surface area contributed by atoms with Gasteiger partial charge < -0.3 is 10.6 Å². The summed E-state index contributed by atoms with van der Waals surface area (Å²) in [5, 5.41) is 6.07. The lowest BCUT2D eigenvalue weighted by molar-refractivity contribution is 0.0954. The number of para-hydroxylation sites is 1. The molecule has 0 aromatic heterocycles. The van der Waals surface area contributed by atoms with E-state index in [1.165, 1.54) is 0 Å². The number of carbonyl (C=O) groups excluding carboxylic acids is 1. The number of anilines is 1. The van der Waals surface area contributed by atoms with Crippen LogP contribution in [-0.4, -0.2) is 19.0 Å². The van der Waals surface area contributed by atoms with Crippen molar-refractivity contribution in [1.29, 1.82) is 0 Å². The average Bonchev–Trinajstić information content (AvgIpc) is 2.37. The number of hydrogen-bond donors (Lipinski definition) is 2. The molecule has 0 spiro atoms. The minimum atomic E-state index is -0.0226. The topological polar surface area (TPSA) is 41.1 Å². The van der Waals surface area contributed by atoms with Crippen LogP contribution in [0.5, 0.6) is 0 Å². The number of nitrogens with one attached hydrogen (secondary N) is 2. The van der Waals surface area contributed by atoms with Crippen molar-refractivity contribution >= 4 is 11.6 Å². The van der Waals surface area contributed by atoms with Crippen LogP contribution in [0.4, 0.5) is 5.69 Å². The maximum atomic E-state index is 11.9. The summed E-state index contributed by atoms with van der Waals surface area (Å²) >= 11 is 0. The van der Waals surface area contributed by atoms with Crippen molar-refractivity contribution < 1.29 is 4.79 Å². The molecule has 0 aliphatic carbocycles. The normalized spacial score (nSPS) is 9.71. The SMILES string of the molecule is C=CCNc1ccccc1C(=O)NCCCC. The highest BCUT2D eigenvalue weighted by Crippen LogP contribution is 2.14. The van der Waals surface area contributed by atoms with Gasteiger partial charge in [0.05, 0.1) is 5.56 Å². The molecule has 0 fully saturated rings. The Labute approximate surface area is 103 Å². The van der Waals surface area contributed by atoms with Gasteiger partial charge in [0.15, 0.2) is 0 Å². The van der Waals surface area contributed by atoms with E-state index < -0.39 is 0 Å². The monoisotopic (exact) mass is 232 g/mol. The molecule has 0 aliphatic rings. The second kappa shape index (κ2) is 7.49. The lowest BCUT2D eigenvalue weighted by atomic mass is 10.1. The van der Waals surface area contributed by atoms with Gasteiger partial charge in [-0.3, -0.25) is 4.79 Å². The first kappa shape index (κ1) is 13.3. The molecule has 0 unspecified atom stereocenters. The number of unbranched alkanes of at least 4 members (excludes halogenated alkanes) is 1. The van der Waals surface area contributed by atoms with Crippen LogP contribution in [0.25, 0.3) is 0 Å².